The summed E-state index contributed by atoms with van der Waals surface area (Å²) in [6.45, 7) is 8.50. The molecule has 0 aliphatic carbocycles. The second-order valence-corrected chi connectivity index (χ2v) is 5.21. The molecule has 1 aromatic heterocycles. The number of fused-ring (bicyclic) bond motifs is 1. The minimum Gasteiger partial charge on any atom is -0.331 e. The second-order valence-electron chi connectivity index (χ2n) is 5.21. The topological polar surface area (TPSA) is 43.8 Å². The van der Waals surface area contributed by atoms with Gasteiger partial charge in [0.1, 0.15) is 5.82 Å². The number of nitrogens with two attached hydrogens (primary N) is 1. The minimum absolute atomic E-state index is 0.511. The van der Waals surface area contributed by atoms with Gasteiger partial charge in [-0.25, -0.2) is 4.98 Å². The molecule has 0 saturated carbocycles. The summed E-state index contributed by atoms with van der Waals surface area (Å²) in [7, 11) is 0. The highest BCUT2D eigenvalue weighted by Crippen LogP contribution is 2.29. The van der Waals surface area contributed by atoms with Gasteiger partial charge in [-0.2, -0.15) is 0 Å². The summed E-state index contributed by atoms with van der Waals surface area (Å²) in [6.07, 6.45) is 3.67. The number of aromatic nitrogens is 2. The molecular weight excluding hydrogens is 198 g/mol. The van der Waals surface area contributed by atoms with Crippen molar-refractivity contribution in [1.82, 2.24) is 9.55 Å². The van der Waals surface area contributed by atoms with Crippen LogP contribution in [0.2, 0.25) is 0 Å². The van der Waals surface area contributed by atoms with Crippen LogP contribution in [0.4, 0.5) is 0 Å². The fourth-order valence-corrected chi connectivity index (χ4v) is 2.46. The van der Waals surface area contributed by atoms with E-state index >= 15 is 0 Å². The number of hydrogen-bond donors (Lipinski definition) is 1. The Morgan fingerprint density at radius 3 is 2.69 bits per heavy atom. The first kappa shape index (κ1) is 11.6. The monoisotopic (exact) mass is 221 g/mol. The molecule has 3 nitrogen and oxygen atoms in total. The molecule has 0 spiro atoms. The SMILES string of the molecule is CC(C)C(C)c1nc2n(c1CN)CCCC2. The highest BCUT2D eigenvalue weighted by Gasteiger charge is 2.23. The molecule has 0 aromatic carbocycles. The maximum Gasteiger partial charge on any atom is 0.109 e. The van der Waals surface area contributed by atoms with E-state index in [-0.39, 0.29) is 0 Å². The Morgan fingerprint density at radius 2 is 2.06 bits per heavy atom. The molecule has 90 valence electrons. The van der Waals surface area contributed by atoms with Gasteiger partial charge in [-0.15, -0.1) is 0 Å². The summed E-state index contributed by atoms with van der Waals surface area (Å²) in [6, 6.07) is 0. The molecular formula is C13H23N3. The maximum absolute atomic E-state index is 5.90. The van der Waals surface area contributed by atoms with Crippen LogP contribution in [0.25, 0.3) is 0 Å². The van der Waals surface area contributed by atoms with Gasteiger partial charge in [0.05, 0.1) is 11.4 Å². The van der Waals surface area contributed by atoms with Gasteiger partial charge in [0.25, 0.3) is 0 Å². The van der Waals surface area contributed by atoms with E-state index in [1.165, 1.54) is 30.1 Å². The molecule has 0 fully saturated rings. The zero-order valence-corrected chi connectivity index (χ0v) is 10.7. The third-order valence-electron chi connectivity index (χ3n) is 3.84. The van der Waals surface area contributed by atoms with E-state index in [9.17, 15) is 0 Å². The Morgan fingerprint density at radius 1 is 1.31 bits per heavy atom. The third-order valence-corrected chi connectivity index (χ3v) is 3.84. The van der Waals surface area contributed by atoms with Crippen LogP contribution < -0.4 is 5.73 Å². The fraction of sp³-hybridized carbons (Fsp3) is 0.769. The molecule has 1 aliphatic rings. The normalized spacial score (nSPS) is 17.6. The zero-order valence-electron chi connectivity index (χ0n) is 10.7. The van der Waals surface area contributed by atoms with Crippen LogP contribution in [0, 0.1) is 5.92 Å². The van der Waals surface area contributed by atoms with Gasteiger partial charge in [-0.3, -0.25) is 0 Å². The Kier molecular flexibility index (Phi) is 3.33. The van der Waals surface area contributed by atoms with E-state index in [1.54, 1.807) is 0 Å². The molecule has 16 heavy (non-hydrogen) atoms. The summed E-state index contributed by atoms with van der Waals surface area (Å²) in [5.74, 6) is 2.40. The first-order valence-corrected chi connectivity index (χ1v) is 6.43. The van der Waals surface area contributed by atoms with Crippen molar-refractivity contribution >= 4 is 0 Å². The molecule has 1 atom stereocenters. The lowest BCUT2D eigenvalue weighted by atomic mass is 9.93. The standard InChI is InChI=1S/C13H23N3/c1-9(2)10(3)13-11(8-14)16-7-5-4-6-12(16)15-13/h9-10H,4-8,14H2,1-3H3. The lowest BCUT2D eigenvalue weighted by molar-refractivity contribution is 0.505. The van der Waals surface area contributed by atoms with Gasteiger partial charge in [0.15, 0.2) is 0 Å². The lowest BCUT2D eigenvalue weighted by Crippen LogP contribution is -2.16. The van der Waals surface area contributed by atoms with Crippen molar-refractivity contribution in [3.05, 3.63) is 17.2 Å². The van der Waals surface area contributed by atoms with E-state index in [2.05, 4.69) is 25.3 Å². The average Bonchev–Trinajstić information content (AvgIpc) is 2.65. The lowest BCUT2D eigenvalue weighted by Gasteiger charge is -2.17. The molecule has 2 rings (SSSR count). The van der Waals surface area contributed by atoms with Crippen molar-refractivity contribution in [2.45, 2.75) is 59.0 Å². The first-order valence-electron chi connectivity index (χ1n) is 6.43. The third kappa shape index (κ3) is 1.88. The van der Waals surface area contributed by atoms with E-state index < -0.39 is 0 Å². The fourth-order valence-electron chi connectivity index (χ4n) is 2.46. The Balaban J connectivity index is 2.41. The molecule has 0 amide bonds. The summed E-state index contributed by atoms with van der Waals surface area (Å²) in [4.78, 5) is 4.83. The molecule has 1 aromatic rings. The number of rotatable bonds is 3. The molecule has 1 unspecified atom stereocenters. The minimum atomic E-state index is 0.511. The van der Waals surface area contributed by atoms with E-state index in [1.807, 2.05) is 0 Å². The summed E-state index contributed by atoms with van der Waals surface area (Å²) in [5.41, 5.74) is 8.42. The molecule has 0 saturated heterocycles. The van der Waals surface area contributed by atoms with Crippen LogP contribution in [0.15, 0.2) is 0 Å². The van der Waals surface area contributed by atoms with Crippen LogP contribution in [0.3, 0.4) is 0 Å². The smallest absolute Gasteiger partial charge is 0.109 e. The summed E-state index contributed by atoms with van der Waals surface area (Å²) < 4.78 is 2.36. The van der Waals surface area contributed by atoms with Gasteiger partial charge >= 0.3 is 0 Å². The molecule has 2 heterocycles. The highest BCUT2D eigenvalue weighted by molar-refractivity contribution is 5.22. The van der Waals surface area contributed by atoms with Crippen molar-refractivity contribution in [3.63, 3.8) is 0 Å². The Bertz CT molecular complexity index is 365. The predicted octanol–water partition coefficient (Wildman–Crippen LogP) is 2.44. The Hall–Kier alpha value is -0.830. The number of imidazole rings is 1. The predicted molar refractivity (Wildman–Crippen MR) is 66.3 cm³/mol. The van der Waals surface area contributed by atoms with Crippen molar-refractivity contribution in [1.29, 1.82) is 0 Å². The van der Waals surface area contributed by atoms with Crippen LogP contribution in [-0.2, 0) is 19.5 Å². The average molecular weight is 221 g/mol. The van der Waals surface area contributed by atoms with Gasteiger partial charge in [-0.1, -0.05) is 20.8 Å². The maximum atomic E-state index is 5.90. The molecule has 2 N–H and O–H groups in total. The van der Waals surface area contributed by atoms with Crippen LogP contribution in [0.1, 0.15) is 56.7 Å². The highest BCUT2D eigenvalue weighted by atomic mass is 15.1. The van der Waals surface area contributed by atoms with Gasteiger partial charge in [0.2, 0.25) is 0 Å². The Labute approximate surface area is 98.1 Å². The van der Waals surface area contributed by atoms with Gasteiger partial charge in [0, 0.05) is 25.4 Å². The van der Waals surface area contributed by atoms with Crippen molar-refractivity contribution in [3.8, 4) is 0 Å². The van der Waals surface area contributed by atoms with E-state index in [4.69, 9.17) is 10.7 Å². The molecule has 0 bridgehead atoms. The van der Waals surface area contributed by atoms with Crippen LogP contribution in [0.5, 0.6) is 0 Å². The van der Waals surface area contributed by atoms with Gasteiger partial charge < -0.3 is 10.3 Å². The largest absolute Gasteiger partial charge is 0.331 e. The van der Waals surface area contributed by atoms with Crippen LogP contribution in [-0.4, -0.2) is 9.55 Å². The van der Waals surface area contributed by atoms with E-state index in [0.717, 1.165) is 13.0 Å². The molecule has 3 heteroatoms. The quantitative estimate of drug-likeness (QED) is 0.852. The second kappa shape index (κ2) is 4.58. The van der Waals surface area contributed by atoms with Crippen molar-refractivity contribution in [2.24, 2.45) is 11.7 Å². The summed E-state index contributed by atoms with van der Waals surface area (Å²) >= 11 is 0. The van der Waals surface area contributed by atoms with Crippen molar-refractivity contribution < 1.29 is 0 Å². The number of aryl methyl sites for hydroxylation is 1. The zero-order chi connectivity index (χ0) is 11.7. The van der Waals surface area contributed by atoms with Crippen LogP contribution >= 0.6 is 0 Å². The first-order chi connectivity index (χ1) is 7.65. The number of hydrogen-bond acceptors (Lipinski definition) is 2. The van der Waals surface area contributed by atoms with E-state index in [0.29, 0.717) is 18.4 Å². The van der Waals surface area contributed by atoms with Crippen molar-refractivity contribution in [2.75, 3.05) is 0 Å². The number of nitrogens with zero attached hydrogens (tertiary/aromatic N) is 2. The summed E-state index contributed by atoms with van der Waals surface area (Å²) in [5, 5.41) is 0. The molecule has 1 aliphatic heterocycles. The molecule has 0 radical (unpaired) electrons. The van der Waals surface area contributed by atoms with Gasteiger partial charge in [-0.05, 0) is 18.8 Å².